The molecule has 0 unspecified atom stereocenters. The van der Waals surface area contributed by atoms with E-state index in [1.807, 2.05) is 0 Å². The second kappa shape index (κ2) is 4.08. The molecule has 0 aromatic heterocycles. The lowest BCUT2D eigenvalue weighted by atomic mass is 10.0. The summed E-state index contributed by atoms with van der Waals surface area (Å²) >= 11 is 2.09. The van der Waals surface area contributed by atoms with Gasteiger partial charge in [0.05, 0.1) is 0 Å². The predicted molar refractivity (Wildman–Crippen MR) is 71.0 cm³/mol. The van der Waals surface area contributed by atoms with E-state index in [1.165, 1.54) is 41.9 Å². The van der Waals surface area contributed by atoms with Gasteiger partial charge in [-0.05, 0) is 37.5 Å². The van der Waals surface area contributed by atoms with E-state index in [2.05, 4.69) is 48.3 Å². The monoisotopic (exact) mass is 233 g/mol. The van der Waals surface area contributed by atoms with Crippen molar-refractivity contribution in [1.29, 1.82) is 0 Å². The van der Waals surface area contributed by atoms with Gasteiger partial charge in [-0.15, -0.1) is 0 Å². The molecule has 0 radical (unpaired) electrons. The summed E-state index contributed by atoms with van der Waals surface area (Å²) in [6.45, 7) is 2.19. The molecule has 1 heterocycles. The fourth-order valence-corrected chi connectivity index (χ4v) is 3.78. The summed E-state index contributed by atoms with van der Waals surface area (Å²) < 4.78 is 0. The summed E-state index contributed by atoms with van der Waals surface area (Å²) in [5.74, 6) is 2.63. The molecule has 16 heavy (non-hydrogen) atoms. The minimum Gasteiger partial charge on any atom is -0.304 e. The molecule has 1 N–H and O–H groups in total. The molecule has 0 spiro atoms. The van der Waals surface area contributed by atoms with Gasteiger partial charge in [0.25, 0.3) is 0 Å². The van der Waals surface area contributed by atoms with Crippen LogP contribution in [-0.2, 0) is 5.54 Å². The fraction of sp³-hybridized carbons (Fsp3) is 0.571. The normalized spacial score (nSPS) is 26.9. The second-order valence-corrected chi connectivity index (χ2v) is 6.31. The maximum atomic E-state index is 3.89. The lowest BCUT2D eigenvalue weighted by molar-refractivity contribution is 0.445. The van der Waals surface area contributed by atoms with Crippen LogP contribution in [0.25, 0.3) is 0 Å². The van der Waals surface area contributed by atoms with Crippen molar-refractivity contribution in [3.05, 3.63) is 35.4 Å². The third-order valence-electron chi connectivity index (χ3n) is 3.73. The Morgan fingerprint density at radius 2 is 2.25 bits per heavy atom. The highest BCUT2D eigenvalue weighted by Crippen LogP contribution is 2.46. The molecule has 1 aromatic carbocycles. The van der Waals surface area contributed by atoms with Crippen LogP contribution in [0.1, 0.15) is 30.4 Å². The molecule has 1 saturated carbocycles. The van der Waals surface area contributed by atoms with Crippen LogP contribution in [0.4, 0.5) is 0 Å². The predicted octanol–water partition coefficient (Wildman–Crippen LogP) is 3.08. The van der Waals surface area contributed by atoms with Gasteiger partial charge in [0, 0.05) is 17.3 Å². The quantitative estimate of drug-likeness (QED) is 0.861. The van der Waals surface area contributed by atoms with Crippen LogP contribution < -0.4 is 5.32 Å². The molecule has 86 valence electrons. The van der Waals surface area contributed by atoms with Crippen LogP contribution in [0.5, 0.6) is 0 Å². The van der Waals surface area contributed by atoms with Gasteiger partial charge in [-0.25, -0.2) is 0 Å². The van der Waals surface area contributed by atoms with E-state index in [1.54, 1.807) is 0 Å². The zero-order valence-electron chi connectivity index (χ0n) is 9.83. The molecule has 2 heteroatoms. The van der Waals surface area contributed by atoms with Gasteiger partial charge in [0.15, 0.2) is 0 Å². The van der Waals surface area contributed by atoms with E-state index in [-0.39, 0.29) is 0 Å². The summed E-state index contributed by atoms with van der Waals surface area (Å²) in [4.78, 5) is 0. The van der Waals surface area contributed by atoms with Crippen LogP contribution in [0, 0.1) is 6.92 Å². The van der Waals surface area contributed by atoms with E-state index in [0.717, 1.165) is 6.04 Å². The highest BCUT2D eigenvalue weighted by molar-refractivity contribution is 7.99. The third kappa shape index (κ3) is 2.01. The Bertz CT molecular complexity index is 378. The summed E-state index contributed by atoms with van der Waals surface area (Å²) in [7, 11) is 0. The highest BCUT2D eigenvalue weighted by atomic mass is 32.2. The minimum absolute atomic E-state index is 0.335. The largest absolute Gasteiger partial charge is 0.304 e. The Balaban J connectivity index is 1.77. The Hall–Kier alpha value is -0.470. The van der Waals surface area contributed by atoms with Crippen molar-refractivity contribution in [2.45, 2.75) is 37.8 Å². The summed E-state index contributed by atoms with van der Waals surface area (Å²) in [6.07, 6.45) is 3.98. The number of rotatable bonds is 3. The lowest BCUT2D eigenvalue weighted by Gasteiger charge is -2.22. The molecule has 1 aliphatic carbocycles. The van der Waals surface area contributed by atoms with Crippen molar-refractivity contribution in [1.82, 2.24) is 5.32 Å². The zero-order chi connectivity index (χ0) is 11.0. The second-order valence-electron chi connectivity index (χ2n) is 5.16. The first kappa shape index (κ1) is 10.7. The first-order valence-corrected chi connectivity index (χ1v) is 7.37. The van der Waals surface area contributed by atoms with Gasteiger partial charge in [0.1, 0.15) is 0 Å². The van der Waals surface area contributed by atoms with Crippen molar-refractivity contribution in [3.63, 3.8) is 0 Å². The number of aryl methyl sites for hydroxylation is 1. The maximum absolute atomic E-state index is 3.89. The third-order valence-corrected chi connectivity index (χ3v) is 4.89. The van der Waals surface area contributed by atoms with Gasteiger partial charge in [0.2, 0.25) is 0 Å². The van der Waals surface area contributed by atoms with Crippen LogP contribution in [0.3, 0.4) is 0 Å². The average Bonchev–Trinajstić information content (AvgIpc) is 2.87. The Morgan fingerprint density at radius 1 is 1.38 bits per heavy atom. The zero-order valence-corrected chi connectivity index (χ0v) is 10.6. The van der Waals surface area contributed by atoms with Crippen molar-refractivity contribution < 1.29 is 0 Å². The molecule has 1 aliphatic heterocycles. The standard InChI is InChI=1S/C14H19NS/c1-11-3-2-4-12(9-11)14(6-7-14)15-13-5-8-16-10-13/h2-4,9,13,15H,5-8,10H2,1H3/t13-/m0/s1. The number of thioether (sulfide) groups is 1. The van der Waals surface area contributed by atoms with Crippen LogP contribution in [0.2, 0.25) is 0 Å². The fourth-order valence-electron chi connectivity index (χ4n) is 2.62. The molecule has 1 aromatic rings. The number of hydrogen-bond donors (Lipinski definition) is 1. The molecular weight excluding hydrogens is 214 g/mol. The van der Waals surface area contributed by atoms with Gasteiger partial charge in [-0.1, -0.05) is 29.8 Å². The SMILES string of the molecule is Cc1cccc(C2(N[C@H]3CCSC3)CC2)c1. The highest BCUT2D eigenvalue weighted by Gasteiger charge is 2.45. The first-order valence-electron chi connectivity index (χ1n) is 6.21. The summed E-state index contributed by atoms with van der Waals surface area (Å²) in [5, 5.41) is 3.89. The van der Waals surface area contributed by atoms with Crippen molar-refractivity contribution in [3.8, 4) is 0 Å². The Morgan fingerprint density at radius 3 is 2.88 bits per heavy atom. The van der Waals surface area contributed by atoms with E-state index in [0.29, 0.717) is 5.54 Å². The molecule has 1 saturated heterocycles. The van der Waals surface area contributed by atoms with Crippen LogP contribution in [-0.4, -0.2) is 17.5 Å². The lowest BCUT2D eigenvalue weighted by Crippen LogP contribution is -2.38. The summed E-state index contributed by atoms with van der Waals surface area (Å²) in [5.41, 5.74) is 3.22. The van der Waals surface area contributed by atoms with Crippen molar-refractivity contribution in [2.75, 3.05) is 11.5 Å². The maximum Gasteiger partial charge on any atom is 0.0438 e. The molecular formula is C14H19NS. The van der Waals surface area contributed by atoms with Crippen LogP contribution in [0.15, 0.2) is 24.3 Å². The molecule has 2 aliphatic rings. The molecule has 1 nitrogen and oxygen atoms in total. The molecule has 0 amide bonds. The summed E-state index contributed by atoms with van der Waals surface area (Å²) in [6, 6.07) is 9.76. The number of hydrogen-bond acceptors (Lipinski definition) is 2. The van der Waals surface area contributed by atoms with E-state index in [9.17, 15) is 0 Å². The smallest absolute Gasteiger partial charge is 0.0438 e. The van der Waals surface area contributed by atoms with E-state index < -0.39 is 0 Å². The minimum atomic E-state index is 0.335. The molecule has 0 bridgehead atoms. The van der Waals surface area contributed by atoms with Gasteiger partial charge in [-0.3, -0.25) is 0 Å². The first-order chi connectivity index (χ1) is 7.78. The van der Waals surface area contributed by atoms with Crippen LogP contribution >= 0.6 is 11.8 Å². The van der Waals surface area contributed by atoms with Crippen molar-refractivity contribution in [2.24, 2.45) is 0 Å². The average molecular weight is 233 g/mol. The Labute approximate surface area is 102 Å². The number of benzene rings is 1. The Kier molecular flexibility index (Phi) is 2.72. The van der Waals surface area contributed by atoms with Crippen molar-refractivity contribution >= 4 is 11.8 Å². The topological polar surface area (TPSA) is 12.0 Å². The van der Waals surface area contributed by atoms with E-state index >= 15 is 0 Å². The molecule has 1 atom stereocenters. The molecule has 3 rings (SSSR count). The number of nitrogens with one attached hydrogen (secondary N) is 1. The van der Waals surface area contributed by atoms with Gasteiger partial charge >= 0.3 is 0 Å². The van der Waals surface area contributed by atoms with E-state index in [4.69, 9.17) is 0 Å². The molecule has 2 fully saturated rings. The van der Waals surface area contributed by atoms with Gasteiger partial charge < -0.3 is 5.32 Å². The van der Waals surface area contributed by atoms with Gasteiger partial charge in [-0.2, -0.15) is 11.8 Å².